The van der Waals surface area contributed by atoms with Gasteiger partial charge in [0.25, 0.3) is 0 Å². The molecule has 0 aliphatic heterocycles. The molecule has 0 fully saturated rings. The molecule has 4 aromatic rings. The van der Waals surface area contributed by atoms with Crippen molar-refractivity contribution >= 4 is 29.3 Å². The van der Waals surface area contributed by atoms with Crippen LogP contribution >= 0.6 is 23.4 Å². The van der Waals surface area contributed by atoms with Crippen LogP contribution in [0.25, 0.3) is 23.0 Å². The molecule has 0 aliphatic carbocycles. The predicted molar refractivity (Wildman–Crippen MR) is 103 cm³/mol. The van der Waals surface area contributed by atoms with E-state index in [0.29, 0.717) is 39.2 Å². The fourth-order valence-corrected chi connectivity index (χ4v) is 3.28. The van der Waals surface area contributed by atoms with E-state index in [0.717, 1.165) is 5.56 Å². The van der Waals surface area contributed by atoms with E-state index in [1.54, 1.807) is 12.4 Å². The van der Waals surface area contributed by atoms with Gasteiger partial charge in [0.15, 0.2) is 16.7 Å². The Morgan fingerprint density at radius 2 is 2.11 bits per heavy atom. The van der Waals surface area contributed by atoms with Gasteiger partial charge in [0.1, 0.15) is 0 Å². The maximum atomic E-state index is 6.02. The fourth-order valence-electron chi connectivity index (χ4n) is 2.40. The SMILES string of the molecule is Cn1ccnc1-c1nc(N)nc(SCc2ncc(-c3cccc(Cl)c3)o2)n1. The number of halogens is 1. The lowest BCUT2D eigenvalue weighted by Gasteiger charge is -2.04. The quantitative estimate of drug-likeness (QED) is 0.508. The van der Waals surface area contributed by atoms with E-state index in [2.05, 4.69) is 24.9 Å². The van der Waals surface area contributed by atoms with Gasteiger partial charge in [0, 0.05) is 30.0 Å². The van der Waals surface area contributed by atoms with Crippen LogP contribution in [0.15, 0.2) is 52.4 Å². The van der Waals surface area contributed by atoms with Crippen LogP contribution in [-0.4, -0.2) is 29.5 Å². The molecule has 2 N–H and O–H groups in total. The number of anilines is 1. The first kappa shape index (κ1) is 17.5. The number of nitrogens with zero attached hydrogens (tertiary/aromatic N) is 6. The summed E-state index contributed by atoms with van der Waals surface area (Å²) in [4.78, 5) is 21.3. The molecule has 0 bridgehead atoms. The Kier molecular flexibility index (Phi) is 4.78. The van der Waals surface area contributed by atoms with Crippen molar-refractivity contribution < 1.29 is 4.42 Å². The number of thioether (sulfide) groups is 1. The molecular weight excluding hydrogens is 386 g/mol. The minimum Gasteiger partial charge on any atom is -0.440 e. The summed E-state index contributed by atoms with van der Waals surface area (Å²) in [5.74, 6) is 2.82. The molecule has 27 heavy (non-hydrogen) atoms. The number of rotatable bonds is 5. The highest BCUT2D eigenvalue weighted by Gasteiger charge is 2.13. The van der Waals surface area contributed by atoms with E-state index in [1.807, 2.05) is 42.1 Å². The van der Waals surface area contributed by atoms with E-state index < -0.39 is 0 Å². The van der Waals surface area contributed by atoms with E-state index in [-0.39, 0.29) is 5.95 Å². The van der Waals surface area contributed by atoms with E-state index in [9.17, 15) is 0 Å². The number of imidazole rings is 1. The van der Waals surface area contributed by atoms with Crippen LogP contribution < -0.4 is 5.73 Å². The highest BCUT2D eigenvalue weighted by atomic mass is 35.5. The van der Waals surface area contributed by atoms with Crippen molar-refractivity contribution in [2.45, 2.75) is 10.9 Å². The maximum absolute atomic E-state index is 6.02. The van der Waals surface area contributed by atoms with Crippen molar-refractivity contribution in [1.82, 2.24) is 29.5 Å². The fraction of sp³-hybridized carbons (Fsp3) is 0.118. The summed E-state index contributed by atoms with van der Waals surface area (Å²) in [6.45, 7) is 0. The smallest absolute Gasteiger partial charge is 0.224 e. The molecule has 0 radical (unpaired) electrons. The van der Waals surface area contributed by atoms with Crippen molar-refractivity contribution in [3.8, 4) is 23.0 Å². The minimum atomic E-state index is 0.137. The zero-order chi connectivity index (χ0) is 18.8. The average Bonchev–Trinajstić information content (AvgIpc) is 3.28. The van der Waals surface area contributed by atoms with Crippen molar-refractivity contribution in [2.75, 3.05) is 5.73 Å². The first-order valence-electron chi connectivity index (χ1n) is 7.91. The third-order valence-corrected chi connectivity index (χ3v) is 4.71. The number of aromatic nitrogens is 6. The molecule has 0 saturated heterocycles. The molecule has 10 heteroatoms. The Hall–Kier alpha value is -2.91. The number of nitrogen functional groups attached to an aromatic ring is 1. The predicted octanol–water partition coefficient (Wildman–Crippen LogP) is 3.46. The molecule has 4 rings (SSSR count). The van der Waals surface area contributed by atoms with Crippen LogP contribution in [0.1, 0.15) is 5.89 Å². The van der Waals surface area contributed by atoms with Crippen LogP contribution in [0.2, 0.25) is 5.02 Å². The van der Waals surface area contributed by atoms with Gasteiger partial charge in [-0.1, -0.05) is 35.5 Å². The molecule has 3 aromatic heterocycles. The normalized spacial score (nSPS) is 11.0. The third kappa shape index (κ3) is 3.93. The Labute approximate surface area is 163 Å². The molecule has 0 aliphatic rings. The van der Waals surface area contributed by atoms with E-state index >= 15 is 0 Å². The van der Waals surface area contributed by atoms with Crippen LogP contribution in [-0.2, 0) is 12.8 Å². The summed E-state index contributed by atoms with van der Waals surface area (Å²) in [6, 6.07) is 7.41. The number of hydrogen-bond acceptors (Lipinski definition) is 8. The number of benzene rings is 1. The van der Waals surface area contributed by atoms with Crippen molar-refractivity contribution in [1.29, 1.82) is 0 Å². The second-order valence-electron chi connectivity index (χ2n) is 5.58. The lowest BCUT2D eigenvalue weighted by atomic mass is 10.2. The minimum absolute atomic E-state index is 0.137. The van der Waals surface area contributed by atoms with Crippen LogP contribution in [0.5, 0.6) is 0 Å². The molecular formula is C17H14ClN7OS. The topological polar surface area (TPSA) is 109 Å². The Morgan fingerprint density at radius 3 is 2.89 bits per heavy atom. The van der Waals surface area contributed by atoms with Crippen molar-refractivity contribution in [3.63, 3.8) is 0 Å². The summed E-state index contributed by atoms with van der Waals surface area (Å²) < 4.78 is 7.60. The van der Waals surface area contributed by atoms with Gasteiger partial charge in [-0.3, -0.25) is 0 Å². The van der Waals surface area contributed by atoms with Crippen molar-refractivity contribution in [2.24, 2.45) is 7.05 Å². The summed E-state index contributed by atoms with van der Waals surface area (Å²) in [7, 11) is 1.86. The molecule has 0 unspecified atom stereocenters. The second kappa shape index (κ2) is 7.37. The van der Waals surface area contributed by atoms with Gasteiger partial charge in [-0.05, 0) is 12.1 Å². The first-order chi connectivity index (χ1) is 13.1. The zero-order valence-corrected chi connectivity index (χ0v) is 15.8. The average molecular weight is 400 g/mol. The molecule has 8 nitrogen and oxygen atoms in total. The summed E-state index contributed by atoms with van der Waals surface area (Å²) in [5, 5.41) is 1.12. The Balaban J connectivity index is 1.51. The van der Waals surface area contributed by atoms with Gasteiger partial charge < -0.3 is 14.7 Å². The number of nitrogens with two attached hydrogens (primary N) is 1. The van der Waals surface area contributed by atoms with Crippen LogP contribution in [0.4, 0.5) is 5.95 Å². The van der Waals surface area contributed by atoms with Gasteiger partial charge in [0.2, 0.25) is 17.7 Å². The van der Waals surface area contributed by atoms with Crippen LogP contribution in [0, 0.1) is 0 Å². The summed E-state index contributed by atoms with van der Waals surface area (Å²) >= 11 is 7.37. The highest BCUT2D eigenvalue weighted by Crippen LogP contribution is 2.26. The lowest BCUT2D eigenvalue weighted by molar-refractivity contribution is 0.530. The second-order valence-corrected chi connectivity index (χ2v) is 6.96. The van der Waals surface area contributed by atoms with Crippen LogP contribution in [0.3, 0.4) is 0 Å². The Bertz CT molecular complexity index is 1090. The van der Waals surface area contributed by atoms with Gasteiger partial charge in [0.05, 0.1) is 11.9 Å². The van der Waals surface area contributed by atoms with Gasteiger partial charge in [-0.2, -0.15) is 15.0 Å². The molecule has 0 saturated carbocycles. The zero-order valence-electron chi connectivity index (χ0n) is 14.2. The lowest BCUT2D eigenvalue weighted by Crippen LogP contribution is -2.04. The number of aryl methyl sites for hydroxylation is 1. The Morgan fingerprint density at radius 1 is 1.22 bits per heavy atom. The molecule has 0 spiro atoms. The molecule has 136 valence electrons. The number of oxazole rings is 1. The molecule has 1 aromatic carbocycles. The number of hydrogen-bond donors (Lipinski definition) is 1. The van der Waals surface area contributed by atoms with E-state index in [1.165, 1.54) is 11.8 Å². The largest absolute Gasteiger partial charge is 0.440 e. The van der Waals surface area contributed by atoms with Gasteiger partial charge in [-0.25, -0.2) is 9.97 Å². The highest BCUT2D eigenvalue weighted by molar-refractivity contribution is 7.98. The standard InChI is InChI=1S/C17H14ClN7OS/c1-25-6-5-20-15(25)14-22-16(19)24-17(23-14)27-9-13-21-8-12(26-13)10-3-2-4-11(18)7-10/h2-8H,9H2,1H3,(H2,19,22,23,24). The molecule has 0 atom stereocenters. The van der Waals surface area contributed by atoms with Gasteiger partial charge >= 0.3 is 0 Å². The molecule has 3 heterocycles. The third-order valence-electron chi connectivity index (χ3n) is 3.64. The van der Waals surface area contributed by atoms with Gasteiger partial charge in [-0.15, -0.1) is 0 Å². The first-order valence-corrected chi connectivity index (χ1v) is 9.27. The monoisotopic (exact) mass is 399 g/mol. The molecule has 0 amide bonds. The summed E-state index contributed by atoms with van der Waals surface area (Å²) in [6.07, 6.45) is 5.15. The summed E-state index contributed by atoms with van der Waals surface area (Å²) in [5.41, 5.74) is 6.68. The maximum Gasteiger partial charge on any atom is 0.224 e. The van der Waals surface area contributed by atoms with E-state index in [4.69, 9.17) is 21.8 Å². The van der Waals surface area contributed by atoms with Crippen molar-refractivity contribution in [3.05, 3.63) is 53.8 Å².